The molecule has 0 atom stereocenters. The van der Waals surface area contributed by atoms with Gasteiger partial charge in [-0.15, -0.1) is 0 Å². The van der Waals surface area contributed by atoms with E-state index in [1.807, 2.05) is 0 Å². The maximum absolute atomic E-state index is 14.0. The summed E-state index contributed by atoms with van der Waals surface area (Å²) < 4.78 is 14.6. The van der Waals surface area contributed by atoms with Gasteiger partial charge in [-0.3, -0.25) is 0 Å². The minimum absolute atomic E-state index is 0.190. The summed E-state index contributed by atoms with van der Waals surface area (Å²) in [6.45, 7) is 0. The summed E-state index contributed by atoms with van der Waals surface area (Å²) in [6, 6.07) is 14.7. The van der Waals surface area contributed by atoms with Crippen LogP contribution in [0.3, 0.4) is 0 Å². The summed E-state index contributed by atoms with van der Waals surface area (Å²) in [4.78, 5) is 0. The lowest BCUT2D eigenvalue weighted by atomic mass is 10.0. The highest BCUT2D eigenvalue weighted by molar-refractivity contribution is 6.33. The van der Waals surface area contributed by atoms with Crippen LogP contribution in [0.25, 0.3) is 22.4 Å². The van der Waals surface area contributed by atoms with Crippen molar-refractivity contribution in [1.29, 1.82) is 0 Å². The van der Waals surface area contributed by atoms with Crippen LogP contribution in [-0.4, -0.2) is 0 Å². The molecule has 1 aromatic heterocycles. The first-order valence-corrected chi connectivity index (χ1v) is 6.99. The smallest absolute Gasteiger partial charge is 0.249 e. The van der Waals surface area contributed by atoms with Crippen LogP contribution in [0.5, 0.6) is 0 Å². The van der Waals surface area contributed by atoms with Crippen molar-refractivity contribution in [3.63, 3.8) is 0 Å². The van der Waals surface area contributed by atoms with Crippen LogP contribution in [0.4, 0.5) is 10.1 Å². The summed E-state index contributed by atoms with van der Waals surface area (Å²) in [7, 11) is 0. The van der Waals surface area contributed by atoms with Gasteiger partial charge in [0.1, 0.15) is 11.5 Å². The normalized spacial score (nSPS) is 10.6. The summed E-state index contributed by atoms with van der Waals surface area (Å²) in [5.41, 5.74) is 7.85. The van der Waals surface area contributed by atoms with E-state index in [1.165, 1.54) is 18.3 Å². The van der Waals surface area contributed by atoms with Gasteiger partial charge in [0.2, 0.25) is 5.69 Å². The molecule has 0 amide bonds. The van der Waals surface area contributed by atoms with Crippen LogP contribution in [-0.2, 0) is 0 Å². The molecule has 3 aromatic rings. The van der Waals surface area contributed by atoms with E-state index in [0.717, 1.165) is 0 Å². The Balaban J connectivity index is 2.28. The van der Waals surface area contributed by atoms with Gasteiger partial charge >= 0.3 is 0 Å². The molecule has 22 heavy (non-hydrogen) atoms. The van der Waals surface area contributed by atoms with Crippen LogP contribution >= 0.6 is 11.6 Å². The first-order valence-electron chi connectivity index (χ1n) is 6.61. The number of hydrogen-bond donors (Lipinski definition) is 1. The third-order valence-electron chi connectivity index (χ3n) is 3.44. The van der Waals surface area contributed by atoms with Gasteiger partial charge in [-0.05, 0) is 18.2 Å². The standard InChI is InChI=1S/C17H12ClFN2O/c18-14-7-3-1-6-13(14)17-16(20)12(9-10-21(17)22)11-5-2-4-8-15(11)19/h1-10H,20H2. The molecule has 0 saturated carbocycles. The second-order valence-electron chi connectivity index (χ2n) is 4.78. The predicted octanol–water partition coefficient (Wildman–Crippen LogP) is 4.03. The highest BCUT2D eigenvalue weighted by Crippen LogP contribution is 2.35. The minimum atomic E-state index is -0.400. The maximum Gasteiger partial charge on any atom is 0.249 e. The number of rotatable bonds is 2. The van der Waals surface area contributed by atoms with Crippen LogP contribution in [0, 0.1) is 11.0 Å². The Morgan fingerprint density at radius 2 is 1.55 bits per heavy atom. The van der Waals surface area contributed by atoms with Gasteiger partial charge in [-0.1, -0.05) is 41.9 Å². The molecule has 0 aliphatic heterocycles. The monoisotopic (exact) mass is 314 g/mol. The van der Waals surface area contributed by atoms with Crippen LogP contribution in [0.15, 0.2) is 60.8 Å². The van der Waals surface area contributed by atoms with Crippen LogP contribution in [0.1, 0.15) is 0 Å². The molecule has 0 radical (unpaired) electrons. The first-order chi connectivity index (χ1) is 10.6. The summed E-state index contributed by atoms with van der Waals surface area (Å²) in [5, 5.41) is 12.6. The van der Waals surface area contributed by atoms with E-state index < -0.39 is 5.82 Å². The molecular formula is C17H12ClFN2O. The molecule has 0 unspecified atom stereocenters. The average molecular weight is 315 g/mol. The number of halogens is 2. The molecule has 0 fully saturated rings. The number of nitrogens with two attached hydrogens (primary N) is 1. The van der Waals surface area contributed by atoms with E-state index in [2.05, 4.69) is 0 Å². The first kappa shape index (κ1) is 14.4. The third kappa shape index (κ3) is 2.38. The highest BCUT2D eigenvalue weighted by atomic mass is 35.5. The molecular weight excluding hydrogens is 303 g/mol. The zero-order valence-corrected chi connectivity index (χ0v) is 12.2. The number of anilines is 1. The second-order valence-corrected chi connectivity index (χ2v) is 5.18. The number of aromatic nitrogens is 1. The molecule has 2 N–H and O–H groups in total. The number of nitrogens with zero attached hydrogens (tertiary/aromatic N) is 1. The molecule has 3 nitrogen and oxygen atoms in total. The maximum atomic E-state index is 14.0. The Morgan fingerprint density at radius 3 is 2.23 bits per heavy atom. The molecule has 5 heteroatoms. The number of benzene rings is 2. The van der Waals surface area contributed by atoms with Crippen molar-refractivity contribution in [1.82, 2.24) is 0 Å². The van der Waals surface area contributed by atoms with Crippen molar-refractivity contribution in [2.45, 2.75) is 0 Å². The SMILES string of the molecule is Nc1c(-c2ccccc2F)cc[n+]([O-])c1-c1ccccc1Cl. The molecule has 0 aliphatic carbocycles. The van der Waals surface area contributed by atoms with E-state index in [1.54, 1.807) is 42.5 Å². The third-order valence-corrected chi connectivity index (χ3v) is 3.76. The van der Waals surface area contributed by atoms with Gasteiger partial charge in [0.25, 0.3) is 0 Å². The molecule has 0 spiro atoms. The predicted molar refractivity (Wildman–Crippen MR) is 85.7 cm³/mol. The molecule has 3 rings (SSSR count). The Kier molecular flexibility index (Phi) is 3.69. The van der Waals surface area contributed by atoms with E-state index >= 15 is 0 Å². The fourth-order valence-corrected chi connectivity index (χ4v) is 2.61. The van der Waals surface area contributed by atoms with Gasteiger partial charge in [0.05, 0.1) is 10.6 Å². The highest BCUT2D eigenvalue weighted by Gasteiger charge is 2.21. The lowest BCUT2D eigenvalue weighted by Gasteiger charge is -2.13. The van der Waals surface area contributed by atoms with Gasteiger partial charge in [-0.2, -0.15) is 4.73 Å². The Labute approximate surface area is 132 Å². The zero-order chi connectivity index (χ0) is 15.7. The number of pyridine rings is 1. The molecule has 0 aliphatic rings. The van der Waals surface area contributed by atoms with Crippen molar-refractivity contribution in [3.8, 4) is 22.4 Å². The topological polar surface area (TPSA) is 53.0 Å². The van der Waals surface area contributed by atoms with Gasteiger partial charge in [0.15, 0.2) is 6.20 Å². The summed E-state index contributed by atoms with van der Waals surface area (Å²) in [5.74, 6) is -0.400. The summed E-state index contributed by atoms with van der Waals surface area (Å²) >= 11 is 6.15. The Morgan fingerprint density at radius 1 is 0.909 bits per heavy atom. The van der Waals surface area contributed by atoms with Gasteiger partial charge in [-0.25, -0.2) is 4.39 Å². The van der Waals surface area contributed by atoms with Crippen molar-refractivity contribution in [2.75, 3.05) is 5.73 Å². The van der Waals surface area contributed by atoms with E-state index in [-0.39, 0.29) is 11.4 Å². The largest absolute Gasteiger partial charge is 0.618 e. The van der Waals surface area contributed by atoms with E-state index in [4.69, 9.17) is 17.3 Å². The molecule has 0 bridgehead atoms. The lowest BCUT2D eigenvalue weighted by Crippen LogP contribution is -2.30. The van der Waals surface area contributed by atoms with Gasteiger partial charge in [0, 0.05) is 17.2 Å². The van der Waals surface area contributed by atoms with Crippen molar-refractivity contribution in [3.05, 3.63) is 76.8 Å². The van der Waals surface area contributed by atoms with Crippen molar-refractivity contribution in [2.24, 2.45) is 0 Å². The summed E-state index contributed by atoms with van der Waals surface area (Å²) in [6.07, 6.45) is 1.30. The van der Waals surface area contributed by atoms with Crippen LogP contribution < -0.4 is 10.5 Å². The van der Waals surface area contributed by atoms with Crippen LogP contribution in [0.2, 0.25) is 5.02 Å². The molecule has 0 saturated heterocycles. The molecule has 1 heterocycles. The quantitative estimate of drug-likeness (QED) is 0.573. The van der Waals surface area contributed by atoms with Gasteiger partial charge < -0.3 is 10.9 Å². The Hall–Kier alpha value is -2.59. The number of nitrogen functional groups attached to an aromatic ring is 1. The Bertz CT molecular complexity index is 852. The molecule has 2 aromatic carbocycles. The molecule has 110 valence electrons. The fraction of sp³-hybridized carbons (Fsp3) is 0. The van der Waals surface area contributed by atoms with Crippen molar-refractivity contribution < 1.29 is 9.12 Å². The van der Waals surface area contributed by atoms with E-state index in [9.17, 15) is 9.60 Å². The lowest BCUT2D eigenvalue weighted by molar-refractivity contribution is -0.592. The zero-order valence-electron chi connectivity index (χ0n) is 11.5. The second kappa shape index (κ2) is 5.66. The van der Waals surface area contributed by atoms with Crippen molar-refractivity contribution >= 4 is 17.3 Å². The minimum Gasteiger partial charge on any atom is -0.618 e. The number of hydrogen-bond acceptors (Lipinski definition) is 2. The fourth-order valence-electron chi connectivity index (χ4n) is 2.38. The average Bonchev–Trinajstić information content (AvgIpc) is 2.50. The van der Waals surface area contributed by atoms with E-state index in [0.29, 0.717) is 26.4 Å².